The summed E-state index contributed by atoms with van der Waals surface area (Å²) in [4.78, 5) is 25.6. The Balaban J connectivity index is 1.43. The van der Waals surface area contributed by atoms with Crippen molar-refractivity contribution in [1.29, 1.82) is 0 Å². The van der Waals surface area contributed by atoms with Gasteiger partial charge in [0.2, 0.25) is 5.91 Å². The van der Waals surface area contributed by atoms with Gasteiger partial charge in [0.1, 0.15) is 11.5 Å². The first-order valence-electron chi connectivity index (χ1n) is 10.9. The van der Waals surface area contributed by atoms with Crippen LogP contribution in [-0.2, 0) is 4.79 Å². The van der Waals surface area contributed by atoms with Crippen LogP contribution in [0.1, 0.15) is 33.0 Å². The third-order valence-electron chi connectivity index (χ3n) is 5.33. The summed E-state index contributed by atoms with van der Waals surface area (Å²) in [6.07, 6.45) is 1.27. The molecule has 0 unspecified atom stereocenters. The molecule has 174 valence electrons. The number of hydrogen-bond donors (Lipinski definition) is 4. The lowest BCUT2D eigenvalue weighted by molar-refractivity contribution is -0.116. The van der Waals surface area contributed by atoms with Crippen LogP contribution in [0.15, 0.2) is 108 Å². The number of amides is 2. The maximum atomic E-state index is 13.2. The maximum Gasteiger partial charge on any atom is 0.271 e. The summed E-state index contributed by atoms with van der Waals surface area (Å²) >= 11 is 0. The van der Waals surface area contributed by atoms with Crippen LogP contribution in [0.2, 0.25) is 0 Å². The van der Waals surface area contributed by atoms with Crippen LogP contribution in [0, 0.1) is 0 Å². The number of nitrogens with zero attached hydrogens (tertiary/aromatic N) is 1. The largest absolute Gasteiger partial charge is 0.508 e. The molecule has 0 radical (unpaired) electrons. The molecular formula is C28H23N3O4. The Morgan fingerprint density at radius 3 is 1.94 bits per heavy atom. The van der Waals surface area contributed by atoms with Crippen molar-refractivity contribution in [3.05, 3.63) is 125 Å². The van der Waals surface area contributed by atoms with Crippen LogP contribution in [0.3, 0.4) is 0 Å². The van der Waals surface area contributed by atoms with Gasteiger partial charge in [-0.1, -0.05) is 60.7 Å². The number of carbonyl (C=O) groups excluding carboxylic acids is 2. The van der Waals surface area contributed by atoms with Crippen LogP contribution in [0.4, 0.5) is 5.69 Å². The first kappa shape index (κ1) is 23.3. The number of phenolic OH excluding ortho intramolecular Hbond substituents is 2. The van der Waals surface area contributed by atoms with E-state index < -0.39 is 11.8 Å². The van der Waals surface area contributed by atoms with Gasteiger partial charge in [0, 0.05) is 22.9 Å². The van der Waals surface area contributed by atoms with E-state index in [1.54, 1.807) is 24.3 Å². The maximum absolute atomic E-state index is 13.2. The minimum Gasteiger partial charge on any atom is -0.508 e. The number of aromatic hydroxyl groups is 2. The molecule has 7 nitrogen and oxygen atoms in total. The summed E-state index contributed by atoms with van der Waals surface area (Å²) in [6, 6.07) is 29.6. The molecule has 0 aliphatic heterocycles. The monoisotopic (exact) mass is 465 g/mol. The van der Waals surface area contributed by atoms with Crippen LogP contribution in [-0.4, -0.2) is 28.2 Å². The van der Waals surface area contributed by atoms with Gasteiger partial charge in [0.05, 0.1) is 12.1 Å². The molecule has 4 aromatic carbocycles. The van der Waals surface area contributed by atoms with Crippen molar-refractivity contribution >= 4 is 23.7 Å². The fraction of sp³-hybridized carbons (Fsp3) is 0.0357. The van der Waals surface area contributed by atoms with Crippen LogP contribution in [0.5, 0.6) is 11.5 Å². The van der Waals surface area contributed by atoms with Gasteiger partial charge >= 0.3 is 0 Å². The van der Waals surface area contributed by atoms with E-state index in [1.165, 1.54) is 24.4 Å². The number of carbonyl (C=O) groups is 2. The number of hydrogen-bond acceptors (Lipinski definition) is 5. The van der Waals surface area contributed by atoms with Crippen LogP contribution >= 0.6 is 0 Å². The highest BCUT2D eigenvalue weighted by atomic mass is 16.3. The Hall–Kier alpha value is -4.91. The van der Waals surface area contributed by atoms with Gasteiger partial charge in [-0.3, -0.25) is 9.59 Å². The van der Waals surface area contributed by atoms with E-state index in [0.717, 1.165) is 11.1 Å². The van der Waals surface area contributed by atoms with E-state index in [1.807, 2.05) is 60.7 Å². The number of anilines is 1. The van der Waals surface area contributed by atoms with Crippen molar-refractivity contribution in [3.63, 3.8) is 0 Å². The lowest BCUT2D eigenvalue weighted by atomic mass is 9.90. The van der Waals surface area contributed by atoms with E-state index in [4.69, 9.17) is 0 Å². The minimum absolute atomic E-state index is 0.0743. The molecule has 0 aliphatic carbocycles. The van der Waals surface area contributed by atoms with Crippen molar-refractivity contribution < 1.29 is 19.8 Å². The zero-order chi connectivity index (χ0) is 24.6. The molecule has 0 saturated carbocycles. The molecule has 0 fully saturated rings. The molecule has 0 aromatic heterocycles. The molecule has 2 amide bonds. The number of phenols is 2. The highest BCUT2D eigenvalue weighted by molar-refractivity contribution is 5.99. The summed E-state index contributed by atoms with van der Waals surface area (Å²) in [6.45, 7) is 0. The van der Waals surface area contributed by atoms with Crippen molar-refractivity contribution in [2.24, 2.45) is 5.10 Å². The second-order valence-corrected chi connectivity index (χ2v) is 7.76. The summed E-state index contributed by atoms with van der Waals surface area (Å²) in [7, 11) is 0. The highest BCUT2D eigenvalue weighted by Crippen LogP contribution is 2.26. The predicted molar refractivity (Wildman–Crippen MR) is 135 cm³/mol. The third kappa shape index (κ3) is 5.91. The number of nitrogens with one attached hydrogen (secondary N) is 2. The quantitative estimate of drug-likeness (QED) is 0.235. The number of benzene rings is 4. The normalized spacial score (nSPS) is 10.9. The Labute approximate surface area is 202 Å². The number of rotatable bonds is 7. The van der Waals surface area contributed by atoms with Gasteiger partial charge in [-0.2, -0.15) is 5.10 Å². The zero-order valence-electron chi connectivity index (χ0n) is 18.6. The minimum atomic E-state index is -0.481. The average molecular weight is 466 g/mol. The summed E-state index contributed by atoms with van der Waals surface area (Å²) in [5.41, 5.74) is 5.38. The Kier molecular flexibility index (Phi) is 7.18. The molecule has 0 spiro atoms. The molecule has 7 heteroatoms. The molecular weight excluding hydrogens is 442 g/mol. The second-order valence-electron chi connectivity index (χ2n) is 7.76. The summed E-state index contributed by atoms with van der Waals surface area (Å²) in [5.74, 6) is -1.35. The highest BCUT2D eigenvalue weighted by Gasteiger charge is 2.22. The van der Waals surface area contributed by atoms with Gasteiger partial charge in [0.15, 0.2) is 0 Å². The average Bonchev–Trinajstić information content (AvgIpc) is 2.87. The number of hydrazone groups is 1. The van der Waals surface area contributed by atoms with Gasteiger partial charge in [0.25, 0.3) is 5.91 Å². The molecule has 4 rings (SSSR count). The second kappa shape index (κ2) is 10.8. The third-order valence-corrected chi connectivity index (χ3v) is 5.33. The Morgan fingerprint density at radius 2 is 1.37 bits per heavy atom. The molecule has 0 bridgehead atoms. The van der Waals surface area contributed by atoms with E-state index in [0.29, 0.717) is 16.8 Å². The van der Waals surface area contributed by atoms with Gasteiger partial charge in [-0.05, 0) is 47.5 Å². The summed E-state index contributed by atoms with van der Waals surface area (Å²) in [5, 5.41) is 25.9. The fourth-order valence-electron chi connectivity index (χ4n) is 3.57. The van der Waals surface area contributed by atoms with E-state index in [2.05, 4.69) is 15.8 Å². The molecule has 35 heavy (non-hydrogen) atoms. The molecule has 0 atom stereocenters. The lowest BCUT2D eigenvalue weighted by Gasteiger charge is -2.18. The lowest BCUT2D eigenvalue weighted by Crippen LogP contribution is -2.22. The van der Waals surface area contributed by atoms with Gasteiger partial charge in [-0.15, -0.1) is 0 Å². The first-order chi connectivity index (χ1) is 17.0. The topological polar surface area (TPSA) is 111 Å². The van der Waals surface area contributed by atoms with Gasteiger partial charge in [-0.25, -0.2) is 5.43 Å². The molecule has 0 aliphatic rings. The van der Waals surface area contributed by atoms with Crippen molar-refractivity contribution in [2.75, 3.05) is 5.32 Å². The molecule has 0 saturated heterocycles. The van der Waals surface area contributed by atoms with Crippen molar-refractivity contribution in [2.45, 2.75) is 5.92 Å². The Morgan fingerprint density at radius 1 is 0.771 bits per heavy atom. The fourth-order valence-corrected chi connectivity index (χ4v) is 3.57. The summed E-state index contributed by atoms with van der Waals surface area (Å²) < 4.78 is 0. The molecule has 0 heterocycles. The van der Waals surface area contributed by atoms with Crippen molar-refractivity contribution in [3.8, 4) is 11.5 Å². The predicted octanol–water partition coefficient (Wildman–Crippen LogP) is 4.63. The van der Waals surface area contributed by atoms with E-state index in [-0.39, 0.29) is 17.4 Å². The zero-order valence-corrected chi connectivity index (χ0v) is 18.6. The molecule has 4 N–H and O–H groups in total. The molecule has 4 aromatic rings. The van der Waals surface area contributed by atoms with E-state index >= 15 is 0 Å². The van der Waals surface area contributed by atoms with E-state index in [9.17, 15) is 19.8 Å². The SMILES string of the molecule is O=C(N/N=C/c1ccc(O)cc1O)c1ccc(NC(=O)C(c2ccccc2)c2ccccc2)cc1. The van der Waals surface area contributed by atoms with Crippen LogP contribution < -0.4 is 10.7 Å². The van der Waals surface area contributed by atoms with Crippen LogP contribution in [0.25, 0.3) is 0 Å². The Bertz CT molecular complexity index is 1300. The smallest absolute Gasteiger partial charge is 0.271 e. The standard InChI is InChI=1S/C28H23N3O4/c32-24-16-13-22(25(33)17-24)18-29-31-27(34)21-11-14-23(15-12-21)30-28(35)26(19-7-3-1-4-8-19)20-9-5-2-6-10-20/h1-18,26,32-33H,(H,30,35)(H,31,34)/b29-18+. The van der Waals surface area contributed by atoms with Gasteiger partial charge < -0.3 is 15.5 Å². The van der Waals surface area contributed by atoms with Crippen molar-refractivity contribution in [1.82, 2.24) is 5.43 Å². The first-order valence-corrected chi connectivity index (χ1v) is 10.9.